The molecule has 1 fully saturated rings. The Balaban J connectivity index is 2.30. The van der Waals surface area contributed by atoms with Crippen molar-refractivity contribution in [3.05, 3.63) is 28.8 Å². The van der Waals surface area contributed by atoms with Crippen molar-refractivity contribution in [2.24, 2.45) is 5.41 Å². The number of benzene rings is 1. The zero-order valence-electron chi connectivity index (χ0n) is 11.9. The molecule has 1 N–H and O–H groups in total. The summed E-state index contributed by atoms with van der Waals surface area (Å²) in [6.45, 7) is 6.51. The molecule has 0 bridgehead atoms. The summed E-state index contributed by atoms with van der Waals surface area (Å²) in [7, 11) is 0. The number of halogens is 1. The molecule has 1 aromatic carbocycles. The van der Waals surface area contributed by atoms with Crippen LogP contribution >= 0.6 is 11.6 Å². The van der Waals surface area contributed by atoms with Crippen molar-refractivity contribution >= 4 is 23.3 Å². The molecule has 1 aromatic rings. The van der Waals surface area contributed by atoms with Gasteiger partial charge in [0, 0.05) is 23.8 Å². The third-order valence-corrected chi connectivity index (χ3v) is 3.84. The van der Waals surface area contributed by atoms with E-state index < -0.39 is 11.4 Å². The molecule has 0 amide bonds. The third-order valence-electron chi connectivity index (χ3n) is 3.60. The number of carbonyl (C=O) groups is 1. The first-order valence-corrected chi connectivity index (χ1v) is 7.12. The van der Waals surface area contributed by atoms with Gasteiger partial charge in [0.25, 0.3) is 0 Å². The summed E-state index contributed by atoms with van der Waals surface area (Å²) in [5.74, 6) is -0.801. The number of hydrogen-bond acceptors (Lipinski definition) is 3. The molecule has 5 heteroatoms. The standard InChI is InChI=1S/C15H20ClNO3/c1-15(2,14(18)19)10-11-9-12(16)3-4-13(11)17-5-7-20-8-6-17/h3-4,9H,5-8,10H2,1-2H3,(H,18,19). The summed E-state index contributed by atoms with van der Waals surface area (Å²) in [5, 5.41) is 9.94. The maximum atomic E-state index is 11.3. The monoisotopic (exact) mass is 297 g/mol. The lowest BCUT2D eigenvalue weighted by Gasteiger charge is -2.32. The molecular weight excluding hydrogens is 278 g/mol. The maximum absolute atomic E-state index is 11.3. The van der Waals surface area contributed by atoms with Crippen LogP contribution in [0.4, 0.5) is 5.69 Å². The van der Waals surface area contributed by atoms with Gasteiger partial charge in [-0.1, -0.05) is 11.6 Å². The number of hydrogen-bond donors (Lipinski definition) is 1. The number of ether oxygens (including phenoxy) is 1. The second kappa shape index (κ2) is 6.02. The fourth-order valence-electron chi connectivity index (χ4n) is 2.36. The highest BCUT2D eigenvalue weighted by Gasteiger charge is 2.29. The second-order valence-corrected chi connectivity index (χ2v) is 6.17. The van der Waals surface area contributed by atoms with Crippen LogP contribution in [0.1, 0.15) is 19.4 Å². The normalized spacial score (nSPS) is 16.2. The van der Waals surface area contributed by atoms with E-state index in [0.29, 0.717) is 24.7 Å². The molecule has 0 aliphatic carbocycles. The van der Waals surface area contributed by atoms with Gasteiger partial charge in [0.1, 0.15) is 0 Å². The molecule has 0 unspecified atom stereocenters. The van der Waals surface area contributed by atoms with Crippen LogP contribution < -0.4 is 4.90 Å². The molecule has 1 saturated heterocycles. The summed E-state index contributed by atoms with van der Waals surface area (Å²) < 4.78 is 5.36. The Morgan fingerprint density at radius 3 is 2.65 bits per heavy atom. The topological polar surface area (TPSA) is 49.8 Å². The number of anilines is 1. The average molecular weight is 298 g/mol. The quantitative estimate of drug-likeness (QED) is 0.928. The second-order valence-electron chi connectivity index (χ2n) is 5.74. The van der Waals surface area contributed by atoms with Gasteiger partial charge in [0.2, 0.25) is 0 Å². The molecule has 110 valence electrons. The minimum atomic E-state index is -0.814. The van der Waals surface area contributed by atoms with E-state index in [1.165, 1.54) is 0 Å². The van der Waals surface area contributed by atoms with Gasteiger partial charge in [-0.05, 0) is 44.0 Å². The molecule has 0 atom stereocenters. The highest BCUT2D eigenvalue weighted by molar-refractivity contribution is 6.30. The van der Waals surface area contributed by atoms with Crippen molar-refractivity contribution in [2.75, 3.05) is 31.2 Å². The zero-order chi connectivity index (χ0) is 14.8. The van der Waals surface area contributed by atoms with Crippen LogP contribution in [0.5, 0.6) is 0 Å². The van der Waals surface area contributed by atoms with E-state index in [4.69, 9.17) is 16.3 Å². The van der Waals surface area contributed by atoms with Crippen molar-refractivity contribution < 1.29 is 14.6 Å². The molecule has 0 spiro atoms. The Bertz CT molecular complexity index is 496. The van der Waals surface area contributed by atoms with E-state index in [1.807, 2.05) is 18.2 Å². The van der Waals surface area contributed by atoms with E-state index in [9.17, 15) is 9.90 Å². The first kappa shape index (κ1) is 15.1. The summed E-state index contributed by atoms with van der Waals surface area (Å²) in [4.78, 5) is 13.6. The average Bonchev–Trinajstić information content (AvgIpc) is 2.39. The number of aliphatic carboxylic acids is 1. The first-order chi connectivity index (χ1) is 9.40. The number of carboxylic acids is 1. The van der Waals surface area contributed by atoms with Crippen LogP contribution in [0.3, 0.4) is 0 Å². The van der Waals surface area contributed by atoms with Crippen LogP contribution in [-0.2, 0) is 16.0 Å². The van der Waals surface area contributed by atoms with E-state index in [0.717, 1.165) is 24.3 Å². The van der Waals surface area contributed by atoms with Crippen LogP contribution in [0.2, 0.25) is 5.02 Å². The van der Waals surface area contributed by atoms with E-state index in [2.05, 4.69) is 4.90 Å². The highest BCUT2D eigenvalue weighted by Crippen LogP contribution is 2.31. The fraction of sp³-hybridized carbons (Fsp3) is 0.533. The SMILES string of the molecule is CC(C)(Cc1cc(Cl)ccc1N1CCOCC1)C(=O)O. The third kappa shape index (κ3) is 3.44. The van der Waals surface area contributed by atoms with Gasteiger partial charge in [-0.15, -0.1) is 0 Å². The van der Waals surface area contributed by atoms with Crippen LogP contribution in [-0.4, -0.2) is 37.4 Å². The Hall–Kier alpha value is -1.26. The molecular formula is C15H20ClNO3. The predicted octanol–water partition coefficient (Wildman–Crippen LogP) is 2.83. The van der Waals surface area contributed by atoms with Gasteiger partial charge in [-0.25, -0.2) is 0 Å². The van der Waals surface area contributed by atoms with E-state index in [-0.39, 0.29) is 0 Å². The lowest BCUT2D eigenvalue weighted by molar-refractivity contribution is -0.146. The Morgan fingerprint density at radius 1 is 1.40 bits per heavy atom. The van der Waals surface area contributed by atoms with Gasteiger partial charge in [-0.3, -0.25) is 4.79 Å². The van der Waals surface area contributed by atoms with Gasteiger partial charge in [-0.2, -0.15) is 0 Å². The Kier molecular flexibility index (Phi) is 4.55. The first-order valence-electron chi connectivity index (χ1n) is 6.75. The van der Waals surface area contributed by atoms with Crippen molar-refractivity contribution in [1.82, 2.24) is 0 Å². The summed E-state index contributed by atoms with van der Waals surface area (Å²) >= 11 is 6.07. The number of morpholine rings is 1. The summed E-state index contributed by atoms with van der Waals surface area (Å²) in [6, 6.07) is 5.70. The molecule has 4 nitrogen and oxygen atoms in total. The van der Waals surface area contributed by atoms with Crippen LogP contribution in [0.15, 0.2) is 18.2 Å². The number of nitrogens with zero attached hydrogens (tertiary/aromatic N) is 1. The maximum Gasteiger partial charge on any atom is 0.309 e. The van der Waals surface area contributed by atoms with Crippen molar-refractivity contribution in [3.8, 4) is 0 Å². The smallest absolute Gasteiger partial charge is 0.309 e. The van der Waals surface area contributed by atoms with Gasteiger partial charge in [0.15, 0.2) is 0 Å². The van der Waals surface area contributed by atoms with Gasteiger partial charge >= 0.3 is 5.97 Å². The van der Waals surface area contributed by atoms with Crippen molar-refractivity contribution in [1.29, 1.82) is 0 Å². The lowest BCUT2D eigenvalue weighted by Crippen LogP contribution is -2.37. The van der Waals surface area contributed by atoms with Crippen LogP contribution in [0.25, 0.3) is 0 Å². The number of rotatable bonds is 4. The molecule has 0 aromatic heterocycles. The predicted molar refractivity (Wildman–Crippen MR) is 79.6 cm³/mol. The summed E-state index contributed by atoms with van der Waals surface area (Å²) in [6.07, 6.45) is 0.454. The molecule has 1 aliphatic rings. The van der Waals surface area contributed by atoms with Crippen molar-refractivity contribution in [2.45, 2.75) is 20.3 Å². The zero-order valence-corrected chi connectivity index (χ0v) is 12.6. The molecule has 0 radical (unpaired) electrons. The Labute approximate surface area is 124 Å². The molecule has 20 heavy (non-hydrogen) atoms. The van der Waals surface area contributed by atoms with E-state index in [1.54, 1.807) is 13.8 Å². The Morgan fingerprint density at radius 2 is 2.05 bits per heavy atom. The number of carboxylic acid groups (broad SMARTS) is 1. The molecule has 0 saturated carbocycles. The van der Waals surface area contributed by atoms with Crippen molar-refractivity contribution in [3.63, 3.8) is 0 Å². The minimum absolute atomic E-state index is 0.454. The molecule has 2 rings (SSSR count). The highest BCUT2D eigenvalue weighted by atomic mass is 35.5. The summed E-state index contributed by atoms with van der Waals surface area (Å²) in [5.41, 5.74) is 1.23. The molecule has 1 aliphatic heterocycles. The lowest BCUT2D eigenvalue weighted by atomic mass is 9.85. The molecule has 1 heterocycles. The van der Waals surface area contributed by atoms with E-state index >= 15 is 0 Å². The van der Waals surface area contributed by atoms with Gasteiger partial charge < -0.3 is 14.7 Å². The fourth-order valence-corrected chi connectivity index (χ4v) is 2.55. The van der Waals surface area contributed by atoms with Crippen LogP contribution in [0, 0.1) is 5.41 Å². The van der Waals surface area contributed by atoms with Gasteiger partial charge in [0.05, 0.1) is 18.6 Å². The largest absolute Gasteiger partial charge is 0.481 e. The minimum Gasteiger partial charge on any atom is -0.481 e.